The summed E-state index contributed by atoms with van der Waals surface area (Å²) in [5.41, 5.74) is 0. The molecule has 9 heteroatoms. The van der Waals surface area contributed by atoms with Crippen LogP contribution in [0.5, 0.6) is 0 Å². The molecule has 46 valence electrons. The summed E-state index contributed by atoms with van der Waals surface area (Å²) >= 11 is 0. The first-order chi connectivity index (χ1) is 0. The van der Waals surface area contributed by atoms with Crippen molar-refractivity contribution < 1.29 is 117 Å². The molecule has 0 heterocycles. The van der Waals surface area contributed by atoms with E-state index in [1.54, 1.807) is 0 Å². The molecule has 0 bridgehead atoms. The Morgan fingerprint density at radius 3 is 0.333 bits per heavy atom. The second-order valence-electron chi connectivity index (χ2n) is 0. The molecule has 0 N–H and O–H groups in total. The van der Waals surface area contributed by atoms with Gasteiger partial charge < -0.3 is 27.4 Å². The van der Waals surface area contributed by atoms with Crippen LogP contribution >= 0.6 is 0 Å². The molecule has 0 aromatic heterocycles. The van der Waals surface area contributed by atoms with Gasteiger partial charge in [0.15, 0.2) is 0 Å². The Hall–Kier alpha value is 2.74. The Labute approximate surface area is 116 Å². The minimum absolute atomic E-state index is 0. The van der Waals surface area contributed by atoms with Gasteiger partial charge in [-0.1, -0.05) is 0 Å². The van der Waals surface area contributed by atoms with E-state index >= 15 is 0 Å². The maximum atomic E-state index is 0. The molecule has 5 nitrogen and oxygen atoms in total. The molecule has 0 spiro atoms. The van der Waals surface area contributed by atoms with Crippen molar-refractivity contribution in [3.05, 3.63) is 0 Å². The molecular formula is Cr2Hg2O5. The molecule has 0 saturated heterocycles. The molecule has 2 radical (unpaired) electrons. The fourth-order valence-electron chi connectivity index (χ4n) is 0. The number of hydrogen-bond acceptors (Lipinski definition) is 0. The van der Waals surface area contributed by atoms with Crippen molar-refractivity contribution in [2.45, 2.75) is 0 Å². The molecule has 0 aromatic rings. The van der Waals surface area contributed by atoms with Gasteiger partial charge in [-0.15, -0.1) is 0 Å². The zero-order chi connectivity index (χ0) is 0. The normalized spacial score (nSPS) is 0. The Bertz CT molecular complexity index is 12.9. The molecule has 0 amide bonds. The van der Waals surface area contributed by atoms with Crippen LogP contribution in [0.2, 0.25) is 0 Å². The van der Waals surface area contributed by atoms with E-state index < -0.39 is 0 Å². The summed E-state index contributed by atoms with van der Waals surface area (Å²) in [6.45, 7) is 0. The summed E-state index contributed by atoms with van der Waals surface area (Å²) < 4.78 is 0. The van der Waals surface area contributed by atoms with Crippen molar-refractivity contribution >= 4 is 0 Å². The Morgan fingerprint density at radius 2 is 0.333 bits per heavy atom. The molecule has 0 fully saturated rings. The Balaban J connectivity index is 0. The minimum Gasteiger partial charge on any atom is -2.00 e. The molecule has 0 aliphatic rings. The average Bonchev–Trinajstić information content (AvgIpc) is 0. The van der Waals surface area contributed by atoms with Crippen LogP contribution in [-0.2, 0) is 117 Å². The Kier molecular flexibility index (Phi) is 2730. The van der Waals surface area contributed by atoms with Crippen LogP contribution in [0.4, 0.5) is 0 Å². The molecule has 0 saturated carbocycles. The van der Waals surface area contributed by atoms with Gasteiger partial charge in [-0.25, -0.2) is 0 Å². The fourth-order valence-corrected chi connectivity index (χ4v) is 0. The van der Waals surface area contributed by atoms with Gasteiger partial charge in [-0.3, -0.25) is 0 Å². The molecule has 9 heavy (non-hydrogen) atoms. The van der Waals surface area contributed by atoms with Crippen LogP contribution < -0.4 is 0 Å². The van der Waals surface area contributed by atoms with Crippen molar-refractivity contribution in [1.29, 1.82) is 0 Å². The maximum Gasteiger partial charge on any atom is 3.00 e. The van der Waals surface area contributed by atoms with Gasteiger partial charge in [0.05, 0.1) is 0 Å². The smallest absolute Gasteiger partial charge is 2.00 e. The zero-order valence-corrected chi connectivity index (χ0v) is 17.8. The van der Waals surface area contributed by atoms with Gasteiger partial charge in [0, 0.05) is 0 Å². The topological polar surface area (TPSA) is 142 Å². The van der Waals surface area contributed by atoms with E-state index in [0.29, 0.717) is 0 Å². The van der Waals surface area contributed by atoms with Gasteiger partial charge in [0.25, 0.3) is 0 Å². The van der Waals surface area contributed by atoms with Crippen molar-refractivity contribution in [3.8, 4) is 0 Å². The van der Waals surface area contributed by atoms with E-state index in [9.17, 15) is 0 Å². The van der Waals surface area contributed by atoms with E-state index in [2.05, 4.69) is 0 Å². The summed E-state index contributed by atoms with van der Waals surface area (Å²) in [4.78, 5) is 0. The standard InChI is InChI=1S/2Cr.2Hg.5O/q2*+3;2*+2;5*-2. The summed E-state index contributed by atoms with van der Waals surface area (Å²) in [5, 5.41) is 0. The van der Waals surface area contributed by atoms with E-state index in [-0.39, 0.29) is 117 Å². The third kappa shape index (κ3) is 109. The van der Waals surface area contributed by atoms with E-state index in [0.717, 1.165) is 0 Å². The van der Waals surface area contributed by atoms with Gasteiger partial charge in [-0.2, -0.15) is 0 Å². The fraction of sp³-hybridized carbons (Fsp3) is 0. The molecular weight excluding hydrogens is 585 g/mol. The summed E-state index contributed by atoms with van der Waals surface area (Å²) in [6, 6.07) is 0. The van der Waals surface area contributed by atoms with E-state index in [1.807, 2.05) is 0 Å². The van der Waals surface area contributed by atoms with Crippen LogP contribution in [0.25, 0.3) is 0 Å². The summed E-state index contributed by atoms with van der Waals surface area (Å²) in [6.07, 6.45) is 0. The predicted octanol–water partition coefficient (Wildman–Crippen LogP) is -0.604. The molecule has 0 unspecified atom stereocenters. The van der Waals surface area contributed by atoms with Crippen LogP contribution in [0, 0.1) is 0 Å². The quantitative estimate of drug-likeness (QED) is 0.335. The molecule has 0 aliphatic carbocycles. The first-order valence-corrected chi connectivity index (χ1v) is 0. The first-order valence-electron chi connectivity index (χ1n) is 0. The third-order valence-electron chi connectivity index (χ3n) is 0. The van der Waals surface area contributed by atoms with Gasteiger partial charge in [-0.05, 0) is 0 Å². The summed E-state index contributed by atoms with van der Waals surface area (Å²) in [7, 11) is 0. The number of hydrogen-bond donors (Lipinski definition) is 0. The first kappa shape index (κ1) is 181. The number of rotatable bonds is 0. The molecule has 0 atom stereocenters. The minimum atomic E-state index is 0. The van der Waals surface area contributed by atoms with Crippen molar-refractivity contribution in [1.82, 2.24) is 0 Å². The van der Waals surface area contributed by atoms with Crippen molar-refractivity contribution in [3.63, 3.8) is 0 Å². The second-order valence-corrected chi connectivity index (χ2v) is 0. The molecule has 0 aromatic carbocycles. The van der Waals surface area contributed by atoms with Crippen molar-refractivity contribution in [2.75, 3.05) is 0 Å². The van der Waals surface area contributed by atoms with Crippen LogP contribution in [0.3, 0.4) is 0 Å². The van der Waals surface area contributed by atoms with Gasteiger partial charge in [0.1, 0.15) is 0 Å². The van der Waals surface area contributed by atoms with Crippen molar-refractivity contribution in [2.24, 2.45) is 0 Å². The second kappa shape index (κ2) is 136. The SMILES string of the molecule is [Cr+3].[Cr+3].[Hg+2].[Hg+2].[O-2].[O-2].[O-2].[O-2].[O-2]. The predicted molar refractivity (Wildman–Crippen MR) is 3.43 cm³/mol. The van der Waals surface area contributed by atoms with E-state index in [4.69, 9.17) is 0 Å². The van der Waals surface area contributed by atoms with Gasteiger partial charge >= 0.3 is 90.1 Å². The third-order valence-corrected chi connectivity index (χ3v) is 0. The summed E-state index contributed by atoms with van der Waals surface area (Å²) in [5.74, 6) is 0. The maximum absolute atomic E-state index is 0. The van der Waals surface area contributed by atoms with Crippen LogP contribution in [0.15, 0.2) is 0 Å². The van der Waals surface area contributed by atoms with Crippen LogP contribution in [0.1, 0.15) is 0 Å². The largest absolute Gasteiger partial charge is 3.00 e. The molecule has 0 aliphatic heterocycles. The molecule has 0 rings (SSSR count). The Morgan fingerprint density at radius 1 is 0.333 bits per heavy atom. The van der Waals surface area contributed by atoms with E-state index in [1.165, 1.54) is 0 Å². The zero-order valence-electron chi connectivity index (χ0n) is 4.27. The van der Waals surface area contributed by atoms with Gasteiger partial charge in [0.2, 0.25) is 0 Å². The monoisotopic (exact) mass is 588 g/mol. The average molecular weight is 585 g/mol. The van der Waals surface area contributed by atoms with Crippen LogP contribution in [-0.4, -0.2) is 0 Å².